The fourth-order valence-electron chi connectivity index (χ4n) is 1.74. The molecule has 1 aromatic heterocycles. The molecule has 0 spiro atoms. The van der Waals surface area contributed by atoms with Crippen LogP contribution in [-0.4, -0.2) is 23.6 Å². The van der Waals surface area contributed by atoms with Crippen LogP contribution in [0.4, 0.5) is 11.8 Å². The Hall–Kier alpha value is -2.01. The monoisotopic (exact) mass is 306 g/mol. The van der Waals surface area contributed by atoms with Crippen LogP contribution in [0.15, 0.2) is 30.5 Å². The second-order valence-corrected chi connectivity index (χ2v) is 4.93. The summed E-state index contributed by atoms with van der Waals surface area (Å²) in [5, 5.41) is 6.86. The summed E-state index contributed by atoms with van der Waals surface area (Å²) in [7, 11) is 1.65. The summed E-state index contributed by atoms with van der Waals surface area (Å²) in [6.07, 6.45) is 2.61. The Morgan fingerprint density at radius 2 is 1.95 bits per heavy atom. The van der Waals surface area contributed by atoms with Gasteiger partial charge in [0.1, 0.15) is 10.8 Å². The summed E-state index contributed by atoms with van der Waals surface area (Å²) in [5.74, 6) is 2.05. The molecule has 2 aromatic rings. The lowest BCUT2D eigenvalue weighted by atomic mass is 10.2. The van der Waals surface area contributed by atoms with E-state index in [2.05, 4.69) is 27.5 Å². The van der Waals surface area contributed by atoms with E-state index < -0.39 is 0 Å². The average molecular weight is 307 g/mol. The van der Waals surface area contributed by atoms with Gasteiger partial charge in [0.05, 0.1) is 13.3 Å². The fourth-order valence-corrected chi connectivity index (χ4v) is 1.90. The minimum absolute atomic E-state index is 0.505. The van der Waals surface area contributed by atoms with E-state index >= 15 is 0 Å². The Morgan fingerprint density at radius 3 is 2.62 bits per heavy atom. The number of ether oxygens (including phenoxy) is 1. The lowest BCUT2D eigenvalue weighted by molar-refractivity contribution is 0.414. The molecular weight excluding hydrogens is 288 g/mol. The SMILES string of the molecule is CCCNc1ncc(Cl)c(NCc2ccc(OC)cc2)n1. The standard InChI is InChI=1S/C15H19ClN4O/c1-3-8-17-15-19-10-13(16)14(20-15)18-9-11-4-6-12(21-2)7-5-11/h4-7,10H,3,8-9H2,1-2H3,(H2,17,18,19,20). The van der Waals surface area contributed by atoms with Gasteiger partial charge in [-0.25, -0.2) is 4.98 Å². The van der Waals surface area contributed by atoms with Crippen molar-refractivity contribution in [3.05, 3.63) is 41.0 Å². The Bertz CT molecular complexity index is 574. The summed E-state index contributed by atoms with van der Waals surface area (Å²) < 4.78 is 5.13. The molecule has 0 bridgehead atoms. The third-order valence-corrected chi connectivity index (χ3v) is 3.17. The lowest BCUT2D eigenvalue weighted by Crippen LogP contribution is -2.08. The van der Waals surface area contributed by atoms with Gasteiger partial charge in [-0.3, -0.25) is 0 Å². The molecule has 0 atom stereocenters. The van der Waals surface area contributed by atoms with Crippen molar-refractivity contribution >= 4 is 23.4 Å². The van der Waals surface area contributed by atoms with Crippen molar-refractivity contribution in [2.75, 3.05) is 24.3 Å². The number of nitrogens with zero attached hydrogens (tertiary/aromatic N) is 2. The first-order chi connectivity index (χ1) is 10.2. The molecule has 0 radical (unpaired) electrons. The van der Waals surface area contributed by atoms with E-state index in [9.17, 15) is 0 Å². The summed E-state index contributed by atoms with van der Waals surface area (Å²) in [6.45, 7) is 3.55. The highest BCUT2D eigenvalue weighted by molar-refractivity contribution is 6.32. The first-order valence-corrected chi connectivity index (χ1v) is 7.24. The third kappa shape index (κ3) is 4.49. The van der Waals surface area contributed by atoms with Crippen molar-refractivity contribution < 1.29 is 4.74 Å². The number of rotatable bonds is 7. The molecular formula is C15H19ClN4O. The average Bonchev–Trinajstić information content (AvgIpc) is 2.53. The Morgan fingerprint density at radius 1 is 1.19 bits per heavy atom. The van der Waals surface area contributed by atoms with Crippen LogP contribution in [0.2, 0.25) is 5.02 Å². The zero-order chi connectivity index (χ0) is 15.1. The quantitative estimate of drug-likeness (QED) is 0.819. The lowest BCUT2D eigenvalue weighted by Gasteiger charge is -2.10. The maximum absolute atomic E-state index is 6.11. The number of halogens is 1. The summed E-state index contributed by atoms with van der Waals surface area (Å²) in [6, 6.07) is 7.84. The van der Waals surface area contributed by atoms with E-state index in [1.54, 1.807) is 13.3 Å². The summed E-state index contributed by atoms with van der Waals surface area (Å²) in [5.41, 5.74) is 1.12. The number of anilines is 2. The van der Waals surface area contributed by atoms with Crippen LogP contribution < -0.4 is 15.4 Å². The van der Waals surface area contributed by atoms with Crippen LogP contribution in [-0.2, 0) is 6.54 Å². The first kappa shape index (κ1) is 15.4. The van der Waals surface area contributed by atoms with E-state index in [4.69, 9.17) is 16.3 Å². The zero-order valence-corrected chi connectivity index (χ0v) is 12.9. The molecule has 0 aliphatic rings. The van der Waals surface area contributed by atoms with E-state index in [1.807, 2.05) is 24.3 Å². The maximum Gasteiger partial charge on any atom is 0.224 e. The van der Waals surface area contributed by atoms with Gasteiger partial charge in [0.25, 0.3) is 0 Å². The highest BCUT2D eigenvalue weighted by Gasteiger charge is 2.05. The number of benzene rings is 1. The van der Waals surface area contributed by atoms with Gasteiger partial charge in [0.2, 0.25) is 5.95 Å². The number of hydrogen-bond acceptors (Lipinski definition) is 5. The molecule has 112 valence electrons. The van der Waals surface area contributed by atoms with Gasteiger partial charge in [0.15, 0.2) is 5.82 Å². The molecule has 0 fully saturated rings. The minimum Gasteiger partial charge on any atom is -0.497 e. The van der Waals surface area contributed by atoms with Crippen molar-refractivity contribution in [1.29, 1.82) is 0 Å². The number of nitrogens with one attached hydrogen (secondary N) is 2. The molecule has 1 heterocycles. The van der Waals surface area contributed by atoms with Gasteiger partial charge in [-0.05, 0) is 24.1 Å². The minimum atomic E-state index is 0.505. The molecule has 0 aliphatic heterocycles. The summed E-state index contributed by atoms with van der Waals surface area (Å²) in [4.78, 5) is 8.51. The fraction of sp³-hybridized carbons (Fsp3) is 0.333. The molecule has 1 aromatic carbocycles. The number of aromatic nitrogens is 2. The Labute approximate surface area is 129 Å². The van der Waals surface area contributed by atoms with Crippen molar-refractivity contribution in [1.82, 2.24) is 9.97 Å². The largest absolute Gasteiger partial charge is 0.497 e. The number of hydrogen-bond donors (Lipinski definition) is 2. The highest BCUT2D eigenvalue weighted by atomic mass is 35.5. The Balaban J connectivity index is 2.00. The molecule has 0 saturated carbocycles. The van der Waals surface area contributed by atoms with Gasteiger partial charge in [0, 0.05) is 13.1 Å². The second kappa shape index (κ2) is 7.69. The van der Waals surface area contributed by atoms with Crippen molar-refractivity contribution in [3.63, 3.8) is 0 Å². The molecule has 5 nitrogen and oxygen atoms in total. The van der Waals surface area contributed by atoms with E-state index in [0.29, 0.717) is 23.3 Å². The van der Waals surface area contributed by atoms with Gasteiger partial charge in [-0.2, -0.15) is 4.98 Å². The maximum atomic E-state index is 6.11. The van der Waals surface area contributed by atoms with E-state index in [1.165, 1.54) is 0 Å². The molecule has 0 amide bonds. The van der Waals surface area contributed by atoms with Crippen LogP contribution in [0, 0.1) is 0 Å². The van der Waals surface area contributed by atoms with E-state index in [-0.39, 0.29) is 0 Å². The number of methoxy groups -OCH3 is 1. The summed E-state index contributed by atoms with van der Waals surface area (Å²) >= 11 is 6.11. The normalized spacial score (nSPS) is 10.2. The molecule has 0 aliphatic carbocycles. The van der Waals surface area contributed by atoms with Gasteiger partial charge < -0.3 is 15.4 Å². The molecule has 6 heteroatoms. The van der Waals surface area contributed by atoms with Crippen LogP contribution in [0.25, 0.3) is 0 Å². The van der Waals surface area contributed by atoms with Crippen molar-refractivity contribution in [3.8, 4) is 5.75 Å². The molecule has 2 N–H and O–H groups in total. The molecule has 0 unspecified atom stereocenters. The molecule has 2 rings (SSSR count). The highest BCUT2D eigenvalue weighted by Crippen LogP contribution is 2.20. The predicted octanol–water partition coefficient (Wildman–Crippen LogP) is 3.57. The third-order valence-electron chi connectivity index (χ3n) is 2.90. The second-order valence-electron chi connectivity index (χ2n) is 4.52. The zero-order valence-electron chi connectivity index (χ0n) is 12.2. The predicted molar refractivity (Wildman–Crippen MR) is 86.1 cm³/mol. The van der Waals surface area contributed by atoms with E-state index in [0.717, 1.165) is 24.3 Å². The van der Waals surface area contributed by atoms with Crippen LogP contribution in [0.1, 0.15) is 18.9 Å². The molecule has 21 heavy (non-hydrogen) atoms. The Kier molecular flexibility index (Phi) is 5.63. The van der Waals surface area contributed by atoms with Crippen LogP contribution in [0.5, 0.6) is 5.75 Å². The molecule has 0 saturated heterocycles. The smallest absolute Gasteiger partial charge is 0.224 e. The topological polar surface area (TPSA) is 59.1 Å². The van der Waals surface area contributed by atoms with Gasteiger partial charge >= 0.3 is 0 Å². The van der Waals surface area contributed by atoms with Gasteiger partial charge in [-0.1, -0.05) is 30.7 Å². The van der Waals surface area contributed by atoms with Crippen molar-refractivity contribution in [2.24, 2.45) is 0 Å². The van der Waals surface area contributed by atoms with Gasteiger partial charge in [-0.15, -0.1) is 0 Å². The van der Waals surface area contributed by atoms with Crippen molar-refractivity contribution in [2.45, 2.75) is 19.9 Å². The van der Waals surface area contributed by atoms with Crippen LogP contribution >= 0.6 is 11.6 Å². The van der Waals surface area contributed by atoms with Crippen LogP contribution in [0.3, 0.4) is 0 Å². The first-order valence-electron chi connectivity index (χ1n) is 6.86.